The lowest BCUT2D eigenvalue weighted by molar-refractivity contribution is -0.149. The van der Waals surface area contributed by atoms with Crippen LogP contribution in [0, 0.1) is 23.4 Å². The molecule has 0 saturated carbocycles. The number of hydrogen-bond acceptors (Lipinski definition) is 8. The summed E-state index contributed by atoms with van der Waals surface area (Å²) in [6, 6.07) is 1.26. The molecule has 2 unspecified atom stereocenters. The topological polar surface area (TPSA) is 129 Å². The zero-order chi connectivity index (χ0) is 28.3. The molecule has 2 heterocycles. The first-order chi connectivity index (χ1) is 17.9. The van der Waals surface area contributed by atoms with E-state index in [2.05, 4.69) is 10.3 Å². The fraction of sp³-hybridized carbons (Fsp3) is 0.375. The van der Waals surface area contributed by atoms with Gasteiger partial charge < -0.3 is 25.6 Å². The molecular formula is C24H25Cl2F3N4O5. The molecule has 4 N–H and O–H groups in total. The summed E-state index contributed by atoms with van der Waals surface area (Å²) in [5.74, 6) is -5.99. The van der Waals surface area contributed by atoms with Crippen molar-refractivity contribution in [1.82, 2.24) is 9.55 Å². The van der Waals surface area contributed by atoms with Crippen LogP contribution in [0.5, 0.6) is 0 Å². The van der Waals surface area contributed by atoms with Gasteiger partial charge in [0.05, 0.1) is 40.2 Å². The quantitative estimate of drug-likeness (QED) is 0.186. The minimum Gasteiger partial charge on any atom is -0.462 e. The Kier molecular flexibility index (Phi) is 9.47. The summed E-state index contributed by atoms with van der Waals surface area (Å²) in [6.45, 7) is 4.76. The molecule has 0 spiro atoms. The van der Waals surface area contributed by atoms with Crippen LogP contribution in [0.2, 0.25) is 5.02 Å². The number of aromatic nitrogens is 2. The van der Waals surface area contributed by atoms with Crippen molar-refractivity contribution in [3.05, 3.63) is 56.6 Å². The molecule has 0 amide bonds. The van der Waals surface area contributed by atoms with Gasteiger partial charge in [0.15, 0.2) is 29.6 Å². The minimum absolute atomic E-state index is 0.0683. The summed E-state index contributed by atoms with van der Waals surface area (Å²) in [5, 5.41) is 11.9. The van der Waals surface area contributed by atoms with E-state index in [-0.39, 0.29) is 36.2 Å². The number of aliphatic hydroxyl groups is 1. The number of alkyl halides is 1. The van der Waals surface area contributed by atoms with Crippen LogP contribution in [0.4, 0.5) is 24.7 Å². The molecule has 2 atom stereocenters. The third-order valence-electron chi connectivity index (χ3n) is 5.42. The van der Waals surface area contributed by atoms with Crippen molar-refractivity contribution in [2.75, 3.05) is 30.1 Å². The number of nitrogens with zero attached hydrogens (tertiary/aromatic N) is 2. The van der Waals surface area contributed by atoms with E-state index in [1.165, 1.54) is 6.92 Å². The van der Waals surface area contributed by atoms with Gasteiger partial charge in [-0.1, -0.05) is 25.4 Å². The highest BCUT2D eigenvalue weighted by atomic mass is 35.5. The van der Waals surface area contributed by atoms with Gasteiger partial charge in [0.25, 0.3) is 0 Å². The molecular weight excluding hydrogens is 552 g/mol. The van der Waals surface area contributed by atoms with Crippen LogP contribution < -0.4 is 16.5 Å². The standard InChI is InChI=1S/C24H25Cl2F3N4O5/c1-4-37-24(36)13-9-33(22-16(29)6-15(28)21(30)32-22)19-12(20(13)34)5-14(27)18(17(19)26)31-8-11(7-25)38-23(35)10(2)3/h5-6,9-11,23,31,35H,4,7-8H2,1-3H3,(H2,30,32). The van der Waals surface area contributed by atoms with Crippen LogP contribution in [0.1, 0.15) is 31.1 Å². The zero-order valence-electron chi connectivity index (χ0n) is 20.5. The van der Waals surface area contributed by atoms with Crippen LogP contribution in [-0.4, -0.2) is 52.1 Å². The van der Waals surface area contributed by atoms with Crippen LogP contribution >= 0.6 is 23.2 Å². The first-order valence-corrected chi connectivity index (χ1v) is 12.3. The second kappa shape index (κ2) is 12.2. The monoisotopic (exact) mass is 576 g/mol. The first kappa shape index (κ1) is 29.5. The number of nitrogen functional groups attached to an aromatic ring is 1. The largest absolute Gasteiger partial charge is 0.462 e. The first-order valence-electron chi connectivity index (χ1n) is 11.4. The summed E-state index contributed by atoms with van der Waals surface area (Å²) in [6.07, 6.45) is -1.01. The highest BCUT2D eigenvalue weighted by Crippen LogP contribution is 2.35. The maximum atomic E-state index is 15.2. The molecule has 3 rings (SSSR count). The molecule has 0 saturated heterocycles. The molecule has 206 valence electrons. The van der Waals surface area contributed by atoms with Gasteiger partial charge in [0.2, 0.25) is 5.43 Å². The van der Waals surface area contributed by atoms with Crippen LogP contribution in [0.15, 0.2) is 23.1 Å². The Labute approximate surface area is 225 Å². The molecule has 0 aliphatic heterocycles. The van der Waals surface area contributed by atoms with Crippen LogP contribution in [0.3, 0.4) is 0 Å². The molecule has 0 bridgehead atoms. The Hall–Kier alpha value is -3.06. The van der Waals surface area contributed by atoms with Gasteiger partial charge >= 0.3 is 5.97 Å². The van der Waals surface area contributed by atoms with E-state index in [4.69, 9.17) is 38.4 Å². The van der Waals surface area contributed by atoms with Crippen molar-refractivity contribution >= 4 is 51.6 Å². The zero-order valence-corrected chi connectivity index (χ0v) is 22.0. The average molecular weight is 577 g/mol. The summed E-state index contributed by atoms with van der Waals surface area (Å²) in [7, 11) is 0. The molecule has 1 aromatic carbocycles. The van der Waals surface area contributed by atoms with E-state index in [9.17, 15) is 23.5 Å². The van der Waals surface area contributed by atoms with Gasteiger partial charge in [-0.2, -0.15) is 0 Å². The molecule has 0 fully saturated rings. The molecule has 2 aromatic heterocycles. The smallest absolute Gasteiger partial charge is 0.343 e. The lowest BCUT2D eigenvalue weighted by Crippen LogP contribution is -2.32. The third-order valence-corrected chi connectivity index (χ3v) is 6.14. The Morgan fingerprint density at radius 2 is 1.92 bits per heavy atom. The average Bonchev–Trinajstić information content (AvgIpc) is 2.85. The number of nitrogens with two attached hydrogens (primary N) is 1. The van der Waals surface area contributed by atoms with E-state index in [1.54, 1.807) is 13.8 Å². The SMILES string of the molecule is CCOC(=O)c1cn(-c2nc(N)c(F)cc2F)c2c(Cl)c(NCC(CCl)OC(O)C(C)C)c(F)cc2c1=O. The van der Waals surface area contributed by atoms with Crippen LogP contribution in [0.25, 0.3) is 16.7 Å². The predicted octanol–water partition coefficient (Wildman–Crippen LogP) is 4.23. The maximum absolute atomic E-state index is 15.2. The molecule has 3 aromatic rings. The third kappa shape index (κ3) is 5.98. The summed E-state index contributed by atoms with van der Waals surface area (Å²) in [4.78, 5) is 29.3. The van der Waals surface area contributed by atoms with Gasteiger partial charge in [0.1, 0.15) is 11.4 Å². The van der Waals surface area contributed by atoms with E-state index < -0.39 is 68.9 Å². The number of carbonyl (C=O) groups is 1. The normalized spacial score (nSPS) is 13.1. The van der Waals surface area contributed by atoms with Crippen molar-refractivity contribution in [2.45, 2.75) is 33.2 Å². The number of ether oxygens (including phenoxy) is 2. The lowest BCUT2D eigenvalue weighted by atomic mass is 10.1. The Bertz CT molecular complexity index is 1420. The minimum atomic E-state index is -1.20. The van der Waals surface area contributed by atoms with Crippen LogP contribution in [-0.2, 0) is 9.47 Å². The summed E-state index contributed by atoms with van der Waals surface area (Å²) in [5.41, 5.74) is 3.44. The van der Waals surface area contributed by atoms with Crippen molar-refractivity contribution in [1.29, 1.82) is 0 Å². The number of rotatable bonds is 10. The van der Waals surface area contributed by atoms with E-state index >= 15 is 4.39 Å². The van der Waals surface area contributed by atoms with Crippen molar-refractivity contribution < 1.29 is 32.5 Å². The number of halogens is 5. The van der Waals surface area contributed by atoms with Gasteiger partial charge in [0, 0.05) is 24.7 Å². The molecule has 0 aliphatic rings. The van der Waals surface area contributed by atoms with Gasteiger partial charge in [-0.3, -0.25) is 9.36 Å². The van der Waals surface area contributed by atoms with E-state index in [0.29, 0.717) is 6.07 Å². The Balaban J connectivity index is 2.24. The highest BCUT2D eigenvalue weighted by molar-refractivity contribution is 6.38. The Morgan fingerprint density at radius 1 is 1.24 bits per heavy atom. The van der Waals surface area contributed by atoms with Gasteiger partial charge in [-0.15, -0.1) is 11.6 Å². The van der Waals surface area contributed by atoms with Crippen molar-refractivity contribution in [3.8, 4) is 5.82 Å². The summed E-state index contributed by atoms with van der Waals surface area (Å²) < 4.78 is 55.1. The summed E-state index contributed by atoms with van der Waals surface area (Å²) >= 11 is 12.4. The van der Waals surface area contributed by atoms with E-state index in [1.807, 2.05) is 0 Å². The number of aliphatic hydroxyl groups excluding tert-OH is 1. The molecule has 14 heteroatoms. The fourth-order valence-electron chi connectivity index (χ4n) is 3.45. The second-order valence-electron chi connectivity index (χ2n) is 8.49. The highest BCUT2D eigenvalue weighted by Gasteiger charge is 2.25. The Morgan fingerprint density at radius 3 is 2.53 bits per heavy atom. The van der Waals surface area contributed by atoms with Crippen molar-refractivity contribution in [2.24, 2.45) is 5.92 Å². The predicted molar refractivity (Wildman–Crippen MR) is 138 cm³/mol. The molecule has 0 radical (unpaired) electrons. The van der Waals surface area contributed by atoms with E-state index in [0.717, 1.165) is 16.8 Å². The number of pyridine rings is 2. The number of anilines is 2. The fourth-order valence-corrected chi connectivity index (χ4v) is 3.98. The number of carbonyl (C=O) groups excluding carboxylic acids is 1. The van der Waals surface area contributed by atoms with Gasteiger partial charge in [-0.25, -0.2) is 22.9 Å². The number of nitrogens with one attached hydrogen (secondary N) is 1. The maximum Gasteiger partial charge on any atom is 0.343 e. The molecule has 9 nitrogen and oxygen atoms in total. The number of hydrogen-bond donors (Lipinski definition) is 3. The molecule has 38 heavy (non-hydrogen) atoms. The molecule has 0 aliphatic carbocycles. The van der Waals surface area contributed by atoms with Crippen molar-refractivity contribution in [3.63, 3.8) is 0 Å². The number of benzene rings is 1. The number of fused-ring (bicyclic) bond motifs is 1. The second-order valence-corrected chi connectivity index (χ2v) is 9.18. The van der Waals surface area contributed by atoms with Gasteiger partial charge in [-0.05, 0) is 13.0 Å². The lowest BCUT2D eigenvalue weighted by Gasteiger charge is -2.23. The number of esters is 1.